The fraction of sp³-hybridized carbons (Fsp3) is 0.375. The normalized spacial score (nSPS) is 12.5. The first-order valence-electron chi connectivity index (χ1n) is 6.96. The minimum Gasteiger partial charge on any atom is -0.389 e. The lowest BCUT2D eigenvalue weighted by molar-refractivity contribution is 0.0280. The van der Waals surface area contributed by atoms with E-state index in [2.05, 4.69) is 22.1 Å². The Morgan fingerprint density at radius 1 is 1.29 bits per heavy atom. The lowest BCUT2D eigenvalue weighted by Crippen LogP contribution is -2.31. The van der Waals surface area contributed by atoms with E-state index < -0.39 is 6.10 Å². The van der Waals surface area contributed by atoms with Gasteiger partial charge in [-0.15, -0.1) is 0 Å². The Bertz CT molecular complexity index is 519. The smallest absolute Gasteiger partial charge is 0.128 e. The highest BCUT2D eigenvalue weighted by Gasteiger charge is 2.06. The number of aliphatic hydroxyl groups is 1. The van der Waals surface area contributed by atoms with Crippen LogP contribution in [0.5, 0.6) is 0 Å². The fourth-order valence-electron chi connectivity index (χ4n) is 1.92. The minimum absolute atomic E-state index is 0.179. The van der Waals surface area contributed by atoms with Crippen LogP contribution < -0.4 is 5.32 Å². The first-order chi connectivity index (χ1) is 10.3. The van der Waals surface area contributed by atoms with Crippen molar-refractivity contribution in [3.05, 3.63) is 58.0 Å². The van der Waals surface area contributed by atoms with Gasteiger partial charge in [-0.05, 0) is 41.4 Å². The van der Waals surface area contributed by atoms with Crippen molar-refractivity contribution in [3.63, 3.8) is 0 Å². The van der Waals surface area contributed by atoms with Crippen molar-refractivity contribution >= 4 is 11.3 Å². The van der Waals surface area contributed by atoms with Gasteiger partial charge in [-0.25, -0.2) is 4.39 Å². The summed E-state index contributed by atoms with van der Waals surface area (Å²) in [7, 11) is 0. The summed E-state index contributed by atoms with van der Waals surface area (Å²) in [4.78, 5) is 0. The molecule has 1 aromatic carbocycles. The van der Waals surface area contributed by atoms with Crippen molar-refractivity contribution < 1.29 is 14.2 Å². The molecule has 2 N–H and O–H groups in total. The molecule has 0 aliphatic heterocycles. The Balaban J connectivity index is 1.55. The molecule has 2 rings (SSSR count). The Hall–Kier alpha value is -1.27. The zero-order valence-corrected chi connectivity index (χ0v) is 12.6. The molecule has 1 atom stereocenters. The predicted molar refractivity (Wildman–Crippen MR) is 83.0 cm³/mol. The van der Waals surface area contributed by atoms with E-state index in [4.69, 9.17) is 4.74 Å². The number of ether oxygens (including phenoxy) is 1. The molecule has 21 heavy (non-hydrogen) atoms. The molecular formula is C16H20FNO2S. The predicted octanol–water partition coefficient (Wildman–Crippen LogP) is 2.60. The molecule has 0 spiro atoms. The molecule has 3 nitrogen and oxygen atoms in total. The van der Waals surface area contributed by atoms with Crippen molar-refractivity contribution in [2.24, 2.45) is 0 Å². The second kappa shape index (κ2) is 8.89. The van der Waals surface area contributed by atoms with Crippen molar-refractivity contribution in [1.29, 1.82) is 0 Å². The molecule has 0 aliphatic carbocycles. The van der Waals surface area contributed by atoms with Gasteiger partial charge in [0.1, 0.15) is 5.82 Å². The summed E-state index contributed by atoms with van der Waals surface area (Å²) in [6, 6.07) is 8.59. The first-order valence-corrected chi connectivity index (χ1v) is 7.91. The largest absolute Gasteiger partial charge is 0.389 e. The number of rotatable bonds is 9. The zero-order chi connectivity index (χ0) is 14.9. The van der Waals surface area contributed by atoms with E-state index in [1.807, 2.05) is 0 Å². The van der Waals surface area contributed by atoms with Crippen LogP contribution in [0, 0.1) is 5.82 Å². The molecule has 0 aliphatic rings. The average molecular weight is 309 g/mol. The Labute approximate surface area is 128 Å². The summed E-state index contributed by atoms with van der Waals surface area (Å²) in [5.41, 5.74) is 1.81. The SMILES string of the molecule is OC(CNCCc1ccsc1)COCc1ccccc1F. The monoisotopic (exact) mass is 309 g/mol. The minimum atomic E-state index is -0.584. The fourth-order valence-corrected chi connectivity index (χ4v) is 2.62. The highest BCUT2D eigenvalue weighted by molar-refractivity contribution is 7.07. The summed E-state index contributed by atoms with van der Waals surface area (Å²) in [5.74, 6) is -0.277. The van der Waals surface area contributed by atoms with Gasteiger partial charge in [-0.1, -0.05) is 18.2 Å². The molecule has 2 aromatic rings. The van der Waals surface area contributed by atoms with Gasteiger partial charge in [-0.3, -0.25) is 0 Å². The number of aliphatic hydroxyl groups excluding tert-OH is 1. The maximum atomic E-state index is 13.3. The number of nitrogens with one attached hydrogen (secondary N) is 1. The molecule has 0 saturated carbocycles. The van der Waals surface area contributed by atoms with Gasteiger partial charge in [0.15, 0.2) is 0 Å². The van der Waals surface area contributed by atoms with E-state index in [-0.39, 0.29) is 19.0 Å². The molecule has 1 unspecified atom stereocenters. The van der Waals surface area contributed by atoms with Crippen molar-refractivity contribution in [3.8, 4) is 0 Å². The highest BCUT2D eigenvalue weighted by atomic mass is 32.1. The van der Waals surface area contributed by atoms with Gasteiger partial charge in [0, 0.05) is 12.1 Å². The molecule has 1 aromatic heterocycles. The number of halogens is 1. The molecule has 114 valence electrons. The van der Waals surface area contributed by atoms with E-state index in [1.165, 1.54) is 11.6 Å². The van der Waals surface area contributed by atoms with E-state index in [0.29, 0.717) is 12.1 Å². The topological polar surface area (TPSA) is 41.5 Å². The molecule has 0 amide bonds. The quantitative estimate of drug-likeness (QED) is 0.700. The van der Waals surface area contributed by atoms with Crippen LogP contribution in [0.2, 0.25) is 0 Å². The zero-order valence-electron chi connectivity index (χ0n) is 11.8. The van der Waals surface area contributed by atoms with E-state index in [9.17, 15) is 9.50 Å². The third kappa shape index (κ3) is 5.93. The second-order valence-corrected chi connectivity index (χ2v) is 5.63. The standard InChI is InChI=1S/C16H20FNO2S/c17-16-4-2-1-3-14(16)10-20-11-15(19)9-18-7-5-13-6-8-21-12-13/h1-4,6,8,12,15,18-19H,5,7,9-11H2. The van der Waals surface area contributed by atoms with Gasteiger partial charge in [0.25, 0.3) is 0 Å². The number of thiophene rings is 1. The number of benzene rings is 1. The average Bonchev–Trinajstić information content (AvgIpc) is 2.99. The van der Waals surface area contributed by atoms with Gasteiger partial charge in [-0.2, -0.15) is 11.3 Å². The van der Waals surface area contributed by atoms with Crippen LogP contribution >= 0.6 is 11.3 Å². The molecule has 0 bridgehead atoms. The van der Waals surface area contributed by atoms with E-state index in [0.717, 1.165) is 13.0 Å². The summed E-state index contributed by atoms with van der Waals surface area (Å²) < 4.78 is 18.7. The van der Waals surface area contributed by atoms with Crippen LogP contribution in [-0.4, -0.2) is 30.9 Å². The summed E-state index contributed by atoms with van der Waals surface area (Å²) in [6.45, 7) is 1.67. The maximum Gasteiger partial charge on any atom is 0.128 e. The molecule has 5 heteroatoms. The third-order valence-corrected chi connectivity index (χ3v) is 3.81. The third-order valence-electron chi connectivity index (χ3n) is 3.08. The lowest BCUT2D eigenvalue weighted by Gasteiger charge is -2.12. The molecular weight excluding hydrogens is 289 g/mol. The molecule has 0 radical (unpaired) electrons. The maximum absolute atomic E-state index is 13.3. The van der Waals surface area contributed by atoms with E-state index in [1.54, 1.807) is 29.5 Å². The van der Waals surface area contributed by atoms with Gasteiger partial charge in [0.05, 0.1) is 19.3 Å². The molecule has 1 heterocycles. The summed E-state index contributed by atoms with van der Waals surface area (Å²) in [6.07, 6.45) is 0.367. The van der Waals surface area contributed by atoms with Crippen LogP contribution in [0.25, 0.3) is 0 Å². The van der Waals surface area contributed by atoms with Crippen LogP contribution in [0.1, 0.15) is 11.1 Å². The van der Waals surface area contributed by atoms with Crippen molar-refractivity contribution in [1.82, 2.24) is 5.32 Å². The lowest BCUT2D eigenvalue weighted by atomic mass is 10.2. The van der Waals surface area contributed by atoms with Gasteiger partial charge < -0.3 is 15.2 Å². The summed E-state index contributed by atoms with van der Waals surface area (Å²) >= 11 is 1.69. The van der Waals surface area contributed by atoms with Crippen molar-refractivity contribution in [2.75, 3.05) is 19.7 Å². The Kier molecular flexibility index (Phi) is 6.82. The van der Waals surface area contributed by atoms with Crippen LogP contribution in [0.4, 0.5) is 4.39 Å². The van der Waals surface area contributed by atoms with Gasteiger partial charge >= 0.3 is 0 Å². The highest BCUT2D eigenvalue weighted by Crippen LogP contribution is 2.08. The number of hydrogen-bond acceptors (Lipinski definition) is 4. The van der Waals surface area contributed by atoms with E-state index >= 15 is 0 Å². The van der Waals surface area contributed by atoms with Crippen molar-refractivity contribution in [2.45, 2.75) is 19.1 Å². The Morgan fingerprint density at radius 2 is 2.14 bits per heavy atom. The molecule has 0 fully saturated rings. The van der Waals surface area contributed by atoms with Crippen LogP contribution in [0.3, 0.4) is 0 Å². The second-order valence-electron chi connectivity index (χ2n) is 4.85. The summed E-state index contributed by atoms with van der Waals surface area (Å²) in [5, 5.41) is 17.1. The Morgan fingerprint density at radius 3 is 2.90 bits per heavy atom. The first kappa shape index (κ1) is 16.1. The van der Waals surface area contributed by atoms with Crippen LogP contribution in [-0.2, 0) is 17.8 Å². The van der Waals surface area contributed by atoms with Gasteiger partial charge in [0.2, 0.25) is 0 Å². The number of hydrogen-bond donors (Lipinski definition) is 2. The molecule has 0 saturated heterocycles. The van der Waals surface area contributed by atoms with Crippen LogP contribution in [0.15, 0.2) is 41.1 Å².